The van der Waals surface area contributed by atoms with Crippen LogP contribution in [-0.4, -0.2) is 9.91 Å². The van der Waals surface area contributed by atoms with E-state index < -0.39 is 4.92 Å². The minimum absolute atomic E-state index is 0.0420. The highest BCUT2D eigenvalue weighted by Crippen LogP contribution is 2.27. The molecule has 1 heterocycles. The molecule has 0 bridgehead atoms. The lowest BCUT2D eigenvalue weighted by molar-refractivity contribution is -0.389. The monoisotopic (exact) mass is 201 g/mol. The van der Waals surface area contributed by atoms with Gasteiger partial charge >= 0.3 is 5.82 Å². The van der Waals surface area contributed by atoms with Gasteiger partial charge in [0, 0.05) is 5.39 Å². The highest BCUT2D eigenvalue weighted by Gasteiger charge is 2.19. The first-order valence-electron chi connectivity index (χ1n) is 4.35. The molecule has 0 saturated heterocycles. The summed E-state index contributed by atoms with van der Waals surface area (Å²) in [6, 6.07) is 9.04. The lowest BCUT2D eigenvalue weighted by Crippen LogP contribution is -1.92. The Balaban J connectivity index is 2.75. The van der Waals surface area contributed by atoms with Gasteiger partial charge in [-0.2, -0.15) is 5.26 Å². The highest BCUT2D eigenvalue weighted by molar-refractivity contribution is 5.87. The second-order valence-electron chi connectivity index (χ2n) is 3.09. The van der Waals surface area contributed by atoms with Gasteiger partial charge in [0.15, 0.2) is 0 Å². The summed E-state index contributed by atoms with van der Waals surface area (Å²) < 4.78 is 0. The number of aromatic nitrogens is 1. The number of aromatic amines is 1. The Morgan fingerprint density at radius 1 is 1.47 bits per heavy atom. The molecule has 0 saturated carbocycles. The van der Waals surface area contributed by atoms with Gasteiger partial charge in [0.2, 0.25) is 0 Å². The zero-order valence-corrected chi connectivity index (χ0v) is 7.73. The van der Waals surface area contributed by atoms with Crippen molar-refractivity contribution in [3.05, 3.63) is 39.9 Å². The van der Waals surface area contributed by atoms with Gasteiger partial charge in [0.25, 0.3) is 0 Å². The van der Waals surface area contributed by atoms with Crippen molar-refractivity contribution in [1.29, 1.82) is 5.26 Å². The summed E-state index contributed by atoms with van der Waals surface area (Å²) in [4.78, 5) is 12.9. The fourth-order valence-corrected chi connectivity index (χ4v) is 1.60. The van der Waals surface area contributed by atoms with Crippen molar-refractivity contribution in [1.82, 2.24) is 4.98 Å². The highest BCUT2D eigenvalue weighted by atomic mass is 16.6. The van der Waals surface area contributed by atoms with E-state index in [0.717, 1.165) is 5.39 Å². The lowest BCUT2D eigenvalue weighted by atomic mass is 10.1. The molecule has 1 N–H and O–H groups in total. The lowest BCUT2D eigenvalue weighted by Gasteiger charge is -1.92. The molecule has 0 unspecified atom stereocenters. The normalized spacial score (nSPS) is 10.1. The molecule has 0 aliphatic rings. The molecule has 0 fully saturated rings. The molecule has 1 aromatic carbocycles. The minimum atomic E-state index is -0.493. The van der Waals surface area contributed by atoms with Crippen LogP contribution in [0.15, 0.2) is 24.3 Å². The van der Waals surface area contributed by atoms with E-state index in [1.165, 1.54) is 0 Å². The topological polar surface area (TPSA) is 82.7 Å². The molecule has 15 heavy (non-hydrogen) atoms. The van der Waals surface area contributed by atoms with Crippen LogP contribution in [0.5, 0.6) is 0 Å². The Morgan fingerprint density at radius 2 is 2.20 bits per heavy atom. The average Bonchev–Trinajstić information content (AvgIpc) is 2.58. The van der Waals surface area contributed by atoms with Crippen LogP contribution in [0.25, 0.3) is 10.9 Å². The van der Waals surface area contributed by atoms with Gasteiger partial charge in [-0.25, -0.2) is 4.98 Å². The Hall–Kier alpha value is -2.35. The number of fused-ring (bicyclic) bond motifs is 1. The van der Waals surface area contributed by atoms with Gasteiger partial charge < -0.3 is 10.1 Å². The standard InChI is InChI=1S/C10H7N3O2/c11-6-5-8-7-3-1-2-4-9(7)12-10(8)13(14)15/h1-4,12H,5H2. The number of nitriles is 1. The van der Waals surface area contributed by atoms with Crippen molar-refractivity contribution >= 4 is 16.7 Å². The Kier molecular flexibility index (Phi) is 2.10. The van der Waals surface area contributed by atoms with E-state index in [4.69, 9.17) is 5.26 Å². The summed E-state index contributed by atoms with van der Waals surface area (Å²) in [7, 11) is 0. The van der Waals surface area contributed by atoms with Gasteiger partial charge in [-0.1, -0.05) is 18.2 Å². The Morgan fingerprint density at radius 3 is 2.87 bits per heavy atom. The molecular weight excluding hydrogens is 194 g/mol. The number of hydrogen-bond acceptors (Lipinski definition) is 3. The Labute approximate surface area is 85.1 Å². The van der Waals surface area contributed by atoms with Crippen molar-refractivity contribution in [2.24, 2.45) is 0 Å². The first kappa shape index (κ1) is 9.21. The summed E-state index contributed by atoms with van der Waals surface area (Å²) in [6.07, 6.45) is 0.0420. The number of H-pyrrole nitrogens is 1. The van der Waals surface area contributed by atoms with Crippen molar-refractivity contribution in [3.8, 4) is 6.07 Å². The van der Waals surface area contributed by atoms with E-state index in [1.54, 1.807) is 24.3 Å². The molecule has 74 valence electrons. The van der Waals surface area contributed by atoms with E-state index in [9.17, 15) is 10.1 Å². The first-order valence-corrected chi connectivity index (χ1v) is 4.35. The van der Waals surface area contributed by atoms with E-state index in [0.29, 0.717) is 11.1 Å². The van der Waals surface area contributed by atoms with Gasteiger partial charge in [-0.15, -0.1) is 0 Å². The molecule has 0 aliphatic heterocycles. The average molecular weight is 201 g/mol. The summed E-state index contributed by atoms with van der Waals surface area (Å²) >= 11 is 0. The van der Waals surface area contributed by atoms with Gasteiger partial charge in [-0.05, 0) is 11.0 Å². The summed E-state index contributed by atoms with van der Waals surface area (Å²) in [6.45, 7) is 0. The number of hydrogen-bond donors (Lipinski definition) is 1. The third-order valence-corrected chi connectivity index (χ3v) is 2.23. The molecule has 0 spiro atoms. The van der Waals surface area contributed by atoms with Gasteiger partial charge in [0.1, 0.15) is 5.52 Å². The van der Waals surface area contributed by atoms with Crippen LogP contribution in [0.1, 0.15) is 5.56 Å². The van der Waals surface area contributed by atoms with Gasteiger partial charge in [-0.3, -0.25) is 0 Å². The fraction of sp³-hybridized carbons (Fsp3) is 0.100. The van der Waals surface area contributed by atoms with Crippen LogP contribution in [0.3, 0.4) is 0 Å². The number of benzene rings is 1. The quantitative estimate of drug-likeness (QED) is 0.596. The third-order valence-electron chi connectivity index (χ3n) is 2.23. The van der Waals surface area contributed by atoms with Crippen LogP contribution in [-0.2, 0) is 6.42 Å². The molecule has 2 aromatic rings. The zero-order valence-electron chi connectivity index (χ0n) is 7.73. The predicted molar refractivity (Wildman–Crippen MR) is 54.3 cm³/mol. The number of para-hydroxylation sites is 1. The molecule has 5 heteroatoms. The number of nitrogens with one attached hydrogen (secondary N) is 1. The zero-order chi connectivity index (χ0) is 10.8. The predicted octanol–water partition coefficient (Wildman–Crippen LogP) is 2.14. The third kappa shape index (κ3) is 1.42. The van der Waals surface area contributed by atoms with Crippen molar-refractivity contribution < 1.29 is 4.92 Å². The molecule has 1 aromatic heterocycles. The second-order valence-corrected chi connectivity index (χ2v) is 3.09. The molecule has 0 aliphatic carbocycles. The smallest absolute Gasteiger partial charge is 0.326 e. The van der Waals surface area contributed by atoms with Crippen LogP contribution >= 0.6 is 0 Å². The number of nitrogens with zero attached hydrogens (tertiary/aromatic N) is 2. The minimum Gasteiger partial charge on any atom is -0.358 e. The summed E-state index contributed by atoms with van der Waals surface area (Å²) in [5.74, 6) is -0.0854. The van der Waals surface area contributed by atoms with Crippen LogP contribution < -0.4 is 0 Å². The number of nitro groups is 1. The van der Waals surface area contributed by atoms with E-state index in [-0.39, 0.29) is 12.2 Å². The molecule has 0 atom stereocenters. The molecule has 0 amide bonds. The molecule has 2 rings (SSSR count). The summed E-state index contributed by atoms with van der Waals surface area (Å²) in [5, 5.41) is 20.1. The Bertz CT molecular complexity index is 566. The van der Waals surface area contributed by atoms with E-state index in [1.807, 2.05) is 6.07 Å². The fourth-order valence-electron chi connectivity index (χ4n) is 1.60. The molecule has 5 nitrogen and oxygen atoms in total. The van der Waals surface area contributed by atoms with Crippen molar-refractivity contribution in [2.75, 3.05) is 0 Å². The van der Waals surface area contributed by atoms with Crippen LogP contribution in [0.4, 0.5) is 5.82 Å². The van der Waals surface area contributed by atoms with Crippen LogP contribution in [0.2, 0.25) is 0 Å². The van der Waals surface area contributed by atoms with E-state index in [2.05, 4.69) is 4.98 Å². The largest absolute Gasteiger partial charge is 0.358 e. The molecular formula is C10H7N3O2. The molecule has 0 radical (unpaired) electrons. The van der Waals surface area contributed by atoms with Gasteiger partial charge in [0.05, 0.1) is 18.1 Å². The SMILES string of the molecule is N#CCc1c([N+](=O)[O-])[nH]c2ccccc12. The maximum Gasteiger partial charge on any atom is 0.326 e. The van der Waals surface area contributed by atoms with Crippen LogP contribution in [0, 0.1) is 21.4 Å². The second kappa shape index (κ2) is 3.42. The van der Waals surface area contributed by atoms with Crippen molar-refractivity contribution in [2.45, 2.75) is 6.42 Å². The maximum absolute atomic E-state index is 10.7. The maximum atomic E-state index is 10.7. The summed E-state index contributed by atoms with van der Waals surface area (Å²) in [5.41, 5.74) is 1.15. The first-order chi connectivity index (χ1) is 7.24. The van der Waals surface area contributed by atoms with E-state index >= 15 is 0 Å². The number of rotatable bonds is 2. The van der Waals surface area contributed by atoms with Crippen molar-refractivity contribution in [3.63, 3.8) is 0 Å².